The number of fused-ring (bicyclic) bond motifs is 2. The van der Waals surface area contributed by atoms with Crippen LogP contribution in [0.25, 0.3) is 38.6 Å². The number of para-hydroxylation sites is 1. The van der Waals surface area contributed by atoms with Gasteiger partial charge in [0, 0.05) is 70.8 Å². The van der Waals surface area contributed by atoms with Crippen LogP contribution < -0.4 is 10.6 Å². The van der Waals surface area contributed by atoms with E-state index in [4.69, 9.17) is 0 Å². The van der Waals surface area contributed by atoms with Gasteiger partial charge in [0.05, 0.1) is 23.0 Å². The number of hydrogen-bond donors (Lipinski definition) is 3. The quantitative estimate of drug-likeness (QED) is 0.238. The molecule has 2 aromatic carbocycles. The molecule has 4 heterocycles. The molecule has 7 rings (SSSR count). The van der Waals surface area contributed by atoms with E-state index in [1.807, 2.05) is 47.4 Å². The minimum Gasteiger partial charge on any atom is -0.367 e. The van der Waals surface area contributed by atoms with Gasteiger partial charge in [-0.3, -0.25) is 4.98 Å². The van der Waals surface area contributed by atoms with Crippen molar-refractivity contribution in [2.45, 2.75) is 37.9 Å². The van der Waals surface area contributed by atoms with Crippen LogP contribution >= 0.6 is 0 Å². The minimum atomic E-state index is 0.327. The molecule has 40 heavy (non-hydrogen) atoms. The van der Waals surface area contributed by atoms with Crippen LogP contribution in [0.3, 0.4) is 0 Å². The average Bonchev–Trinajstić information content (AvgIpc) is 3.78. The van der Waals surface area contributed by atoms with Crippen molar-refractivity contribution in [1.29, 1.82) is 5.26 Å². The molecule has 0 radical (unpaired) electrons. The van der Waals surface area contributed by atoms with Gasteiger partial charge in [0.1, 0.15) is 11.9 Å². The van der Waals surface area contributed by atoms with Gasteiger partial charge in [0.25, 0.3) is 0 Å². The van der Waals surface area contributed by atoms with Gasteiger partial charge < -0.3 is 15.6 Å². The number of hydrogen-bond acceptors (Lipinski definition) is 6. The third-order valence-corrected chi connectivity index (χ3v) is 7.82. The zero-order chi connectivity index (χ0) is 26.9. The Hall–Kier alpha value is -5.00. The molecule has 0 amide bonds. The third kappa shape index (κ3) is 4.57. The van der Waals surface area contributed by atoms with Gasteiger partial charge in [-0.1, -0.05) is 30.3 Å². The number of nitrogens with one attached hydrogen (secondary N) is 3. The van der Waals surface area contributed by atoms with Crippen LogP contribution in [0.2, 0.25) is 0 Å². The summed E-state index contributed by atoms with van der Waals surface area (Å²) < 4.78 is 1.87. The number of nitrogens with zero attached hydrogens (tertiary/aromatic N) is 5. The summed E-state index contributed by atoms with van der Waals surface area (Å²) in [5.41, 5.74) is 6.57. The largest absolute Gasteiger partial charge is 0.367 e. The Morgan fingerprint density at radius 3 is 2.70 bits per heavy atom. The second-order valence-corrected chi connectivity index (χ2v) is 10.3. The summed E-state index contributed by atoms with van der Waals surface area (Å²) in [6, 6.07) is 23.8. The fraction of sp³-hybridized carbons (Fsp3) is 0.188. The second-order valence-electron chi connectivity index (χ2n) is 10.3. The zero-order valence-electron chi connectivity index (χ0n) is 21.9. The maximum atomic E-state index is 9.92. The van der Waals surface area contributed by atoms with Gasteiger partial charge >= 0.3 is 0 Å². The van der Waals surface area contributed by atoms with Gasteiger partial charge in [-0.2, -0.15) is 10.4 Å². The number of benzene rings is 2. The monoisotopic (exact) mass is 524 g/mol. The molecule has 2 atom stereocenters. The van der Waals surface area contributed by atoms with Crippen molar-refractivity contribution < 1.29 is 0 Å². The molecule has 1 saturated carbocycles. The molecule has 1 aliphatic rings. The Bertz CT molecular complexity index is 1830. The number of anilines is 1. The number of nitriles is 1. The van der Waals surface area contributed by atoms with Crippen LogP contribution in [0.1, 0.15) is 30.4 Å². The van der Waals surface area contributed by atoms with E-state index < -0.39 is 0 Å². The molecular weight excluding hydrogens is 496 g/mol. The highest BCUT2D eigenvalue weighted by Gasteiger charge is 2.25. The van der Waals surface area contributed by atoms with Crippen LogP contribution in [0.5, 0.6) is 0 Å². The second kappa shape index (κ2) is 10.3. The zero-order valence-corrected chi connectivity index (χ0v) is 21.9. The van der Waals surface area contributed by atoms with E-state index in [1.165, 1.54) is 5.56 Å². The van der Waals surface area contributed by atoms with Crippen LogP contribution in [0.4, 0.5) is 5.82 Å². The summed E-state index contributed by atoms with van der Waals surface area (Å²) in [7, 11) is 0. The first-order valence-electron chi connectivity index (χ1n) is 13.6. The van der Waals surface area contributed by atoms with E-state index in [-0.39, 0.29) is 0 Å². The lowest BCUT2D eigenvalue weighted by atomic mass is 9.97. The maximum Gasteiger partial charge on any atom is 0.126 e. The highest BCUT2D eigenvalue weighted by molar-refractivity contribution is 6.06. The Labute approximate surface area is 231 Å². The van der Waals surface area contributed by atoms with E-state index in [0.29, 0.717) is 17.6 Å². The molecule has 3 N–H and O–H groups in total. The number of H-pyrrole nitrogens is 1. The first-order chi connectivity index (χ1) is 19.7. The highest BCUT2D eigenvalue weighted by atomic mass is 15.3. The van der Waals surface area contributed by atoms with Crippen LogP contribution in [-0.4, -0.2) is 36.8 Å². The lowest BCUT2D eigenvalue weighted by Gasteiger charge is -2.16. The number of rotatable bonds is 7. The summed E-state index contributed by atoms with van der Waals surface area (Å²) >= 11 is 0. The lowest BCUT2D eigenvalue weighted by Crippen LogP contribution is -2.27. The molecule has 0 unspecified atom stereocenters. The van der Waals surface area contributed by atoms with E-state index >= 15 is 0 Å². The summed E-state index contributed by atoms with van der Waals surface area (Å²) in [5.74, 6) is 0.811. The molecule has 0 bridgehead atoms. The van der Waals surface area contributed by atoms with Crippen LogP contribution in [0.15, 0.2) is 91.6 Å². The third-order valence-electron chi connectivity index (χ3n) is 7.82. The van der Waals surface area contributed by atoms with Gasteiger partial charge in [0.15, 0.2) is 0 Å². The van der Waals surface area contributed by atoms with Gasteiger partial charge in [-0.15, -0.1) is 0 Å². The lowest BCUT2D eigenvalue weighted by molar-refractivity contribution is 0.520. The molecule has 1 aliphatic carbocycles. The number of pyridine rings is 2. The molecule has 196 valence electrons. The Kier molecular flexibility index (Phi) is 6.19. The SMILES string of the molecule is N#Cc1cnc2cnc(N[C@@H]3CC[C@H](NCc4ccc(-n5cccn5)cc4)C3)cc2c1-c1c[nH]c2ccccc12. The molecule has 8 nitrogen and oxygen atoms in total. The topological polar surface area (TPSA) is 107 Å². The van der Waals surface area contributed by atoms with E-state index in [9.17, 15) is 5.26 Å². The van der Waals surface area contributed by atoms with Gasteiger partial charge in [-0.05, 0) is 55.2 Å². The average molecular weight is 525 g/mol. The smallest absolute Gasteiger partial charge is 0.126 e. The van der Waals surface area contributed by atoms with Crippen molar-refractivity contribution in [1.82, 2.24) is 30.0 Å². The molecule has 0 spiro atoms. The predicted octanol–water partition coefficient (Wildman–Crippen LogP) is 5.96. The summed E-state index contributed by atoms with van der Waals surface area (Å²) in [6.45, 7) is 0.835. The van der Waals surface area contributed by atoms with E-state index in [2.05, 4.69) is 67.1 Å². The molecule has 0 saturated heterocycles. The van der Waals surface area contributed by atoms with Crippen LogP contribution in [0, 0.1) is 11.3 Å². The molecule has 1 fully saturated rings. The Morgan fingerprint density at radius 1 is 0.975 bits per heavy atom. The highest BCUT2D eigenvalue weighted by Crippen LogP contribution is 2.36. The number of aromatic nitrogens is 5. The van der Waals surface area contributed by atoms with Crippen molar-refractivity contribution >= 4 is 27.6 Å². The number of aromatic amines is 1. The first-order valence-corrected chi connectivity index (χ1v) is 13.6. The molecule has 8 heteroatoms. The normalized spacial score (nSPS) is 16.9. The van der Waals surface area contributed by atoms with E-state index in [0.717, 1.165) is 70.2 Å². The predicted molar refractivity (Wildman–Crippen MR) is 157 cm³/mol. The molecule has 6 aromatic rings. The van der Waals surface area contributed by atoms with Crippen molar-refractivity contribution in [2.75, 3.05) is 5.32 Å². The molecule has 0 aliphatic heterocycles. The maximum absolute atomic E-state index is 9.92. The molecular formula is C32H28N8. The Balaban J connectivity index is 1.06. The minimum absolute atomic E-state index is 0.327. The van der Waals surface area contributed by atoms with Crippen LogP contribution in [-0.2, 0) is 6.54 Å². The van der Waals surface area contributed by atoms with E-state index in [1.54, 1.807) is 18.6 Å². The van der Waals surface area contributed by atoms with Gasteiger partial charge in [0.2, 0.25) is 0 Å². The fourth-order valence-electron chi connectivity index (χ4n) is 5.78. The van der Waals surface area contributed by atoms with Crippen molar-refractivity contribution in [3.05, 3.63) is 103 Å². The summed E-state index contributed by atoms with van der Waals surface area (Å²) in [6.07, 6.45) is 12.4. The summed E-state index contributed by atoms with van der Waals surface area (Å²) in [5, 5.41) is 23.6. The van der Waals surface area contributed by atoms with Crippen molar-refractivity contribution in [2.24, 2.45) is 0 Å². The standard InChI is InChI=1S/C32H28N8/c33-16-22-18-35-30-20-37-31(15-27(30)32(22)28-19-36-29-5-2-1-4-26(28)29)39-24-9-8-23(14-24)34-17-21-6-10-25(11-7-21)40-13-3-12-38-40/h1-7,10-13,15,18-20,23-24,34,36H,8-9,14,17H2,(H,37,39)/t23-,24+/m0/s1. The first kappa shape index (κ1) is 24.1. The Morgan fingerprint density at radius 2 is 1.85 bits per heavy atom. The van der Waals surface area contributed by atoms with Crippen molar-refractivity contribution in [3.63, 3.8) is 0 Å². The van der Waals surface area contributed by atoms with Gasteiger partial charge in [-0.25, -0.2) is 9.67 Å². The summed E-state index contributed by atoms with van der Waals surface area (Å²) in [4.78, 5) is 12.5. The fourth-order valence-corrected chi connectivity index (χ4v) is 5.78. The van der Waals surface area contributed by atoms with Crippen molar-refractivity contribution in [3.8, 4) is 22.9 Å². The molecule has 4 aromatic heterocycles.